The van der Waals surface area contributed by atoms with Gasteiger partial charge in [-0.05, 0) is 45.4 Å². The van der Waals surface area contributed by atoms with E-state index in [2.05, 4.69) is 5.32 Å². The summed E-state index contributed by atoms with van der Waals surface area (Å²) in [6.07, 6.45) is 0. The summed E-state index contributed by atoms with van der Waals surface area (Å²) in [5.41, 5.74) is 7.22. The van der Waals surface area contributed by atoms with Crippen molar-refractivity contribution in [2.75, 3.05) is 24.2 Å². The van der Waals surface area contributed by atoms with Crippen LogP contribution in [0, 0.1) is 12.7 Å². The lowest BCUT2D eigenvalue weighted by molar-refractivity contribution is 0.000709. The van der Waals surface area contributed by atoms with Gasteiger partial charge in [-0.3, -0.25) is 0 Å². The Hall–Kier alpha value is -1.29. The van der Waals surface area contributed by atoms with Crippen molar-refractivity contribution in [3.05, 3.63) is 23.5 Å². The van der Waals surface area contributed by atoms with Gasteiger partial charge in [0, 0.05) is 13.2 Å². The molecule has 0 aliphatic rings. The van der Waals surface area contributed by atoms with Crippen LogP contribution < -0.4 is 11.1 Å². The zero-order chi connectivity index (χ0) is 13.1. The van der Waals surface area contributed by atoms with Crippen LogP contribution in [0.2, 0.25) is 0 Å². The first-order chi connectivity index (χ1) is 7.85. The predicted octanol–water partition coefficient (Wildman–Crippen LogP) is 2.94. The molecule has 0 aliphatic heterocycles. The topological polar surface area (TPSA) is 47.3 Å². The fourth-order valence-electron chi connectivity index (χ4n) is 1.60. The lowest BCUT2D eigenvalue weighted by Crippen LogP contribution is -2.33. The molecule has 1 rings (SSSR count). The van der Waals surface area contributed by atoms with Gasteiger partial charge in [0.2, 0.25) is 0 Å². The molecule has 0 saturated carbocycles. The Morgan fingerprint density at radius 3 is 2.65 bits per heavy atom. The van der Waals surface area contributed by atoms with Gasteiger partial charge >= 0.3 is 0 Å². The third-order valence-corrected chi connectivity index (χ3v) is 2.57. The zero-order valence-corrected chi connectivity index (χ0v) is 10.9. The summed E-state index contributed by atoms with van der Waals surface area (Å²) in [6.45, 7) is 8.95. The molecule has 0 radical (unpaired) electrons. The summed E-state index contributed by atoms with van der Waals surface area (Å²) < 4.78 is 18.8. The molecule has 3 nitrogen and oxygen atoms in total. The van der Waals surface area contributed by atoms with Crippen LogP contribution in [0.3, 0.4) is 0 Å². The van der Waals surface area contributed by atoms with Crippen molar-refractivity contribution in [2.24, 2.45) is 0 Å². The SMILES string of the molecule is CCOC(C)(C)CNc1cc(C)c(F)cc1N. The summed E-state index contributed by atoms with van der Waals surface area (Å²) in [5, 5.41) is 3.19. The van der Waals surface area contributed by atoms with E-state index in [1.165, 1.54) is 6.07 Å². The second-order valence-electron chi connectivity index (χ2n) is 4.73. The quantitative estimate of drug-likeness (QED) is 0.778. The van der Waals surface area contributed by atoms with Crippen molar-refractivity contribution >= 4 is 11.4 Å². The van der Waals surface area contributed by atoms with E-state index in [9.17, 15) is 4.39 Å². The number of nitrogen functional groups attached to an aromatic ring is 1. The average molecular weight is 240 g/mol. The Labute approximate surface area is 102 Å². The van der Waals surface area contributed by atoms with Gasteiger partial charge in [0.15, 0.2) is 0 Å². The van der Waals surface area contributed by atoms with Gasteiger partial charge in [-0.1, -0.05) is 0 Å². The van der Waals surface area contributed by atoms with Crippen LogP contribution >= 0.6 is 0 Å². The Balaban J connectivity index is 2.73. The van der Waals surface area contributed by atoms with Gasteiger partial charge < -0.3 is 15.8 Å². The van der Waals surface area contributed by atoms with Crippen LogP contribution in [-0.2, 0) is 4.74 Å². The lowest BCUT2D eigenvalue weighted by atomic mass is 10.1. The third kappa shape index (κ3) is 3.89. The molecule has 4 heteroatoms. The molecular weight excluding hydrogens is 219 g/mol. The maximum absolute atomic E-state index is 13.2. The summed E-state index contributed by atoms with van der Waals surface area (Å²) >= 11 is 0. The molecular formula is C13H21FN2O. The van der Waals surface area contributed by atoms with Crippen LogP contribution in [-0.4, -0.2) is 18.8 Å². The van der Waals surface area contributed by atoms with Gasteiger partial charge in [0.25, 0.3) is 0 Å². The number of rotatable bonds is 5. The highest BCUT2D eigenvalue weighted by atomic mass is 19.1. The van der Waals surface area contributed by atoms with E-state index in [1.54, 1.807) is 13.0 Å². The number of benzene rings is 1. The molecule has 0 saturated heterocycles. The van der Waals surface area contributed by atoms with Gasteiger partial charge in [-0.25, -0.2) is 4.39 Å². The first-order valence-electron chi connectivity index (χ1n) is 5.79. The maximum atomic E-state index is 13.2. The molecule has 0 unspecified atom stereocenters. The number of halogens is 1. The number of hydrogen-bond acceptors (Lipinski definition) is 3. The number of hydrogen-bond donors (Lipinski definition) is 2. The molecule has 0 spiro atoms. The molecule has 3 N–H and O–H groups in total. The molecule has 0 atom stereocenters. The van der Waals surface area contributed by atoms with Gasteiger partial charge in [0.05, 0.1) is 17.0 Å². The summed E-state index contributed by atoms with van der Waals surface area (Å²) in [5.74, 6) is -0.280. The first-order valence-corrected chi connectivity index (χ1v) is 5.79. The first kappa shape index (κ1) is 13.8. The second kappa shape index (κ2) is 5.36. The fraction of sp³-hybridized carbons (Fsp3) is 0.538. The minimum absolute atomic E-state index is 0.274. The van der Waals surface area contributed by atoms with Crippen LogP contribution in [0.25, 0.3) is 0 Å². The molecule has 96 valence electrons. The summed E-state index contributed by atoms with van der Waals surface area (Å²) in [6, 6.07) is 3.05. The van der Waals surface area contributed by atoms with Crippen molar-refractivity contribution in [3.8, 4) is 0 Å². The van der Waals surface area contributed by atoms with E-state index in [0.29, 0.717) is 24.4 Å². The maximum Gasteiger partial charge on any atom is 0.128 e. The fourth-order valence-corrected chi connectivity index (χ4v) is 1.60. The monoisotopic (exact) mass is 240 g/mol. The lowest BCUT2D eigenvalue weighted by Gasteiger charge is -2.26. The van der Waals surface area contributed by atoms with Crippen LogP contribution in [0.5, 0.6) is 0 Å². The molecule has 0 aliphatic carbocycles. The standard InChI is InChI=1S/C13H21FN2O/c1-5-17-13(3,4)8-16-12-6-9(2)10(14)7-11(12)15/h6-7,16H,5,8,15H2,1-4H3. The molecule has 0 fully saturated rings. The van der Waals surface area contributed by atoms with E-state index in [-0.39, 0.29) is 11.4 Å². The van der Waals surface area contributed by atoms with E-state index < -0.39 is 0 Å². The number of aryl methyl sites for hydroxylation is 1. The zero-order valence-electron chi connectivity index (χ0n) is 10.9. The highest BCUT2D eigenvalue weighted by Gasteiger charge is 2.17. The van der Waals surface area contributed by atoms with Crippen LogP contribution in [0.15, 0.2) is 12.1 Å². The number of nitrogens with two attached hydrogens (primary N) is 1. The van der Waals surface area contributed by atoms with E-state index in [0.717, 1.165) is 5.69 Å². The van der Waals surface area contributed by atoms with Gasteiger partial charge in [0.1, 0.15) is 5.82 Å². The van der Waals surface area contributed by atoms with Crippen molar-refractivity contribution in [3.63, 3.8) is 0 Å². The van der Waals surface area contributed by atoms with Crippen molar-refractivity contribution in [2.45, 2.75) is 33.3 Å². The Morgan fingerprint density at radius 1 is 1.41 bits per heavy atom. The predicted molar refractivity (Wildman–Crippen MR) is 69.7 cm³/mol. The molecule has 0 heterocycles. The van der Waals surface area contributed by atoms with Crippen molar-refractivity contribution in [1.82, 2.24) is 0 Å². The summed E-state index contributed by atoms with van der Waals surface area (Å²) in [7, 11) is 0. The highest BCUT2D eigenvalue weighted by molar-refractivity contribution is 5.67. The molecule has 0 bridgehead atoms. The Kier molecular flexibility index (Phi) is 4.34. The Bertz CT molecular complexity index is 391. The third-order valence-electron chi connectivity index (χ3n) is 2.57. The van der Waals surface area contributed by atoms with Crippen molar-refractivity contribution in [1.29, 1.82) is 0 Å². The molecule has 17 heavy (non-hydrogen) atoms. The summed E-state index contributed by atoms with van der Waals surface area (Å²) in [4.78, 5) is 0. The van der Waals surface area contributed by atoms with Crippen molar-refractivity contribution < 1.29 is 9.13 Å². The minimum atomic E-state index is -0.280. The largest absolute Gasteiger partial charge is 0.397 e. The molecule has 1 aromatic carbocycles. The minimum Gasteiger partial charge on any atom is -0.397 e. The smallest absolute Gasteiger partial charge is 0.128 e. The Morgan fingerprint density at radius 2 is 2.06 bits per heavy atom. The average Bonchev–Trinajstić information content (AvgIpc) is 2.21. The second-order valence-corrected chi connectivity index (χ2v) is 4.73. The van der Waals surface area contributed by atoms with E-state index >= 15 is 0 Å². The molecule has 0 aromatic heterocycles. The number of anilines is 2. The number of ether oxygens (including phenoxy) is 1. The highest BCUT2D eigenvalue weighted by Crippen LogP contribution is 2.23. The van der Waals surface area contributed by atoms with Gasteiger partial charge in [-0.2, -0.15) is 0 Å². The molecule has 0 amide bonds. The van der Waals surface area contributed by atoms with Gasteiger partial charge in [-0.15, -0.1) is 0 Å². The van der Waals surface area contributed by atoms with Crippen LogP contribution in [0.1, 0.15) is 26.3 Å². The molecule has 1 aromatic rings. The van der Waals surface area contributed by atoms with E-state index in [4.69, 9.17) is 10.5 Å². The normalized spacial score (nSPS) is 11.6. The van der Waals surface area contributed by atoms with E-state index in [1.807, 2.05) is 20.8 Å². The van der Waals surface area contributed by atoms with Crippen LogP contribution in [0.4, 0.5) is 15.8 Å². The number of nitrogens with one attached hydrogen (secondary N) is 1.